The molecule has 0 fully saturated rings. The third-order valence-corrected chi connectivity index (χ3v) is 6.38. The quantitative estimate of drug-likeness (QED) is 0.616. The second-order valence-electron chi connectivity index (χ2n) is 5.02. The average molecular weight is 352 g/mol. The number of sulfonamides is 1. The largest absolute Gasteiger partial charge is 0.370 e. The predicted molar refractivity (Wildman–Crippen MR) is 95.4 cm³/mol. The summed E-state index contributed by atoms with van der Waals surface area (Å²) in [5.41, 5.74) is 7.79. The van der Waals surface area contributed by atoms with Crippen molar-refractivity contribution in [2.45, 2.75) is 11.1 Å². The van der Waals surface area contributed by atoms with Crippen LogP contribution in [0.2, 0.25) is 0 Å². The molecular weight excluding hydrogens is 332 g/mol. The summed E-state index contributed by atoms with van der Waals surface area (Å²) in [6, 6.07) is 11.1. The lowest BCUT2D eigenvalue weighted by Gasteiger charge is -2.14. The average Bonchev–Trinajstić information content (AvgIpc) is 3.02. The number of guanidine groups is 1. The number of likely N-dealkylation sites (N-methyl/N-ethyl adjacent to an activating group) is 1. The van der Waals surface area contributed by atoms with Gasteiger partial charge < -0.3 is 11.1 Å². The Morgan fingerprint density at radius 3 is 2.78 bits per heavy atom. The van der Waals surface area contributed by atoms with Crippen molar-refractivity contribution in [3.05, 3.63) is 47.3 Å². The number of hydrogen-bond acceptors (Lipinski definition) is 4. The van der Waals surface area contributed by atoms with E-state index >= 15 is 0 Å². The SMILES string of the molecule is Cc1cccc(NC(N)=NCCN(C)S(=O)(=O)c2cccs2)c1. The van der Waals surface area contributed by atoms with E-state index in [0.717, 1.165) is 11.3 Å². The highest BCUT2D eigenvalue weighted by Gasteiger charge is 2.20. The summed E-state index contributed by atoms with van der Waals surface area (Å²) in [5.74, 6) is 0.262. The van der Waals surface area contributed by atoms with Crippen LogP contribution in [-0.2, 0) is 10.0 Å². The monoisotopic (exact) mass is 352 g/mol. The Morgan fingerprint density at radius 1 is 1.35 bits per heavy atom. The van der Waals surface area contributed by atoms with Crippen LogP contribution in [0.5, 0.6) is 0 Å². The van der Waals surface area contributed by atoms with Crippen molar-refractivity contribution in [1.82, 2.24) is 4.31 Å². The van der Waals surface area contributed by atoms with Gasteiger partial charge in [-0.25, -0.2) is 8.42 Å². The number of nitrogens with one attached hydrogen (secondary N) is 1. The van der Waals surface area contributed by atoms with Crippen LogP contribution in [0.3, 0.4) is 0 Å². The molecule has 0 aliphatic carbocycles. The number of nitrogens with two attached hydrogens (primary N) is 1. The van der Waals surface area contributed by atoms with Gasteiger partial charge in [-0.2, -0.15) is 4.31 Å². The van der Waals surface area contributed by atoms with Gasteiger partial charge in [-0.1, -0.05) is 18.2 Å². The Balaban J connectivity index is 1.90. The van der Waals surface area contributed by atoms with E-state index in [9.17, 15) is 8.42 Å². The third-order valence-electron chi connectivity index (χ3n) is 3.15. The fraction of sp³-hybridized carbons (Fsp3) is 0.267. The number of benzene rings is 1. The van der Waals surface area contributed by atoms with Gasteiger partial charge in [-0.15, -0.1) is 11.3 Å². The minimum Gasteiger partial charge on any atom is -0.370 e. The lowest BCUT2D eigenvalue weighted by atomic mass is 10.2. The van der Waals surface area contributed by atoms with E-state index in [4.69, 9.17) is 5.73 Å². The highest BCUT2D eigenvalue weighted by Crippen LogP contribution is 2.19. The highest BCUT2D eigenvalue weighted by atomic mass is 32.2. The summed E-state index contributed by atoms with van der Waals surface area (Å²) in [5, 5.41) is 4.72. The summed E-state index contributed by atoms with van der Waals surface area (Å²) >= 11 is 1.20. The van der Waals surface area contributed by atoms with Crippen LogP contribution in [0.4, 0.5) is 5.69 Å². The molecule has 124 valence electrons. The smallest absolute Gasteiger partial charge is 0.252 e. The molecule has 0 saturated carbocycles. The van der Waals surface area contributed by atoms with E-state index in [1.54, 1.807) is 17.5 Å². The first-order valence-corrected chi connectivity index (χ1v) is 9.35. The van der Waals surface area contributed by atoms with Crippen LogP contribution in [0.15, 0.2) is 51.0 Å². The fourth-order valence-corrected chi connectivity index (χ4v) is 4.27. The number of hydrogen-bond donors (Lipinski definition) is 2. The lowest BCUT2D eigenvalue weighted by molar-refractivity contribution is 0.479. The second kappa shape index (κ2) is 7.58. The van der Waals surface area contributed by atoms with Crippen LogP contribution < -0.4 is 11.1 Å². The number of aryl methyl sites for hydroxylation is 1. The maximum absolute atomic E-state index is 12.2. The number of aliphatic imine (C=N–C) groups is 1. The molecule has 0 aliphatic heterocycles. The maximum Gasteiger partial charge on any atom is 0.252 e. The van der Waals surface area contributed by atoms with Gasteiger partial charge in [0.1, 0.15) is 4.21 Å². The van der Waals surface area contributed by atoms with Crippen molar-refractivity contribution < 1.29 is 8.42 Å². The van der Waals surface area contributed by atoms with Crippen molar-refractivity contribution in [1.29, 1.82) is 0 Å². The second-order valence-corrected chi connectivity index (χ2v) is 8.24. The number of thiophene rings is 1. The zero-order valence-corrected chi connectivity index (χ0v) is 14.7. The van der Waals surface area contributed by atoms with Crippen molar-refractivity contribution in [3.8, 4) is 0 Å². The molecule has 6 nitrogen and oxygen atoms in total. The van der Waals surface area contributed by atoms with Gasteiger partial charge in [-0.05, 0) is 36.1 Å². The minimum absolute atomic E-state index is 0.260. The van der Waals surface area contributed by atoms with Crippen molar-refractivity contribution in [2.75, 3.05) is 25.5 Å². The van der Waals surface area contributed by atoms with Crippen molar-refractivity contribution >= 4 is 33.0 Å². The normalized spacial score (nSPS) is 12.6. The Kier molecular flexibility index (Phi) is 5.75. The van der Waals surface area contributed by atoms with Gasteiger partial charge in [0.15, 0.2) is 5.96 Å². The summed E-state index contributed by atoms with van der Waals surface area (Å²) in [4.78, 5) is 4.16. The van der Waals surface area contributed by atoms with E-state index in [-0.39, 0.29) is 19.0 Å². The van der Waals surface area contributed by atoms with E-state index in [1.807, 2.05) is 31.2 Å². The summed E-state index contributed by atoms with van der Waals surface area (Å²) in [6.45, 7) is 2.53. The lowest BCUT2D eigenvalue weighted by Crippen LogP contribution is -2.30. The molecule has 0 atom stereocenters. The van der Waals surface area contributed by atoms with Crippen LogP contribution in [0.1, 0.15) is 5.56 Å². The van der Waals surface area contributed by atoms with E-state index < -0.39 is 10.0 Å². The van der Waals surface area contributed by atoms with Crippen molar-refractivity contribution in [3.63, 3.8) is 0 Å². The predicted octanol–water partition coefficient (Wildman–Crippen LogP) is 2.10. The van der Waals surface area contributed by atoms with Gasteiger partial charge in [-0.3, -0.25) is 4.99 Å². The Morgan fingerprint density at radius 2 is 2.13 bits per heavy atom. The molecule has 1 aromatic carbocycles. The molecule has 0 spiro atoms. The Bertz CT molecular complexity index is 771. The van der Waals surface area contributed by atoms with Gasteiger partial charge in [0, 0.05) is 19.3 Å². The third kappa shape index (κ3) is 4.78. The fourth-order valence-electron chi connectivity index (χ4n) is 1.91. The molecule has 0 radical (unpaired) electrons. The van der Waals surface area contributed by atoms with Crippen LogP contribution in [0, 0.1) is 6.92 Å². The first kappa shape index (κ1) is 17.5. The zero-order chi connectivity index (χ0) is 16.9. The molecule has 2 rings (SSSR count). The van der Waals surface area contributed by atoms with E-state index in [0.29, 0.717) is 4.21 Å². The molecule has 0 aliphatic rings. The van der Waals surface area contributed by atoms with Gasteiger partial charge in [0.2, 0.25) is 0 Å². The highest BCUT2D eigenvalue weighted by molar-refractivity contribution is 7.91. The Hall–Kier alpha value is -1.90. The topological polar surface area (TPSA) is 87.8 Å². The molecule has 8 heteroatoms. The molecule has 0 unspecified atom stereocenters. The number of rotatable bonds is 6. The first-order chi connectivity index (χ1) is 10.9. The van der Waals surface area contributed by atoms with Gasteiger partial charge >= 0.3 is 0 Å². The molecule has 23 heavy (non-hydrogen) atoms. The zero-order valence-electron chi connectivity index (χ0n) is 13.1. The number of nitrogens with zero attached hydrogens (tertiary/aromatic N) is 2. The maximum atomic E-state index is 12.2. The van der Waals surface area contributed by atoms with E-state index in [1.165, 1.54) is 22.7 Å². The summed E-state index contributed by atoms with van der Waals surface area (Å²) < 4.78 is 26.1. The molecule has 3 N–H and O–H groups in total. The minimum atomic E-state index is -3.44. The van der Waals surface area contributed by atoms with Crippen LogP contribution in [0.25, 0.3) is 0 Å². The van der Waals surface area contributed by atoms with Gasteiger partial charge in [0.25, 0.3) is 10.0 Å². The van der Waals surface area contributed by atoms with E-state index in [2.05, 4.69) is 10.3 Å². The number of anilines is 1. The molecule has 1 heterocycles. The molecular formula is C15H20N4O2S2. The summed E-state index contributed by atoms with van der Waals surface area (Å²) in [6.07, 6.45) is 0. The van der Waals surface area contributed by atoms with Crippen LogP contribution in [-0.4, -0.2) is 38.8 Å². The van der Waals surface area contributed by atoms with Gasteiger partial charge in [0.05, 0.1) is 6.54 Å². The summed E-state index contributed by atoms with van der Waals surface area (Å²) in [7, 11) is -1.90. The molecule has 1 aromatic heterocycles. The molecule has 0 bridgehead atoms. The molecule has 0 saturated heterocycles. The van der Waals surface area contributed by atoms with Crippen molar-refractivity contribution in [2.24, 2.45) is 10.7 Å². The Labute approximate surface area is 140 Å². The van der Waals surface area contributed by atoms with Crippen LogP contribution >= 0.6 is 11.3 Å². The first-order valence-electron chi connectivity index (χ1n) is 7.03. The standard InChI is InChI=1S/C15H20N4O2S2/c1-12-5-3-6-13(11-12)18-15(16)17-8-9-19(2)23(20,21)14-7-4-10-22-14/h3-7,10-11H,8-9H2,1-2H3,(H3,16,17,18). The molecule has 0 amide bonds. The molecule has 2 aromatic rings.